The third-order valence-electron chi connectivity index (χ3n) is 14.1. The van der Waals surface area contributed by atoms with Gasteiger partial charge in [0.05, 0.1) is 28.1 Å². The number of fused-ring (bicyclic) bond motifs is 3. The van der Waals surface area contributed by atoms with E-state index in [-0.39, 0.29) is 21.7 Å². The minimum atomic E-state index is -0.380. The Morgan fingerprint density at radius 2 is 1.12 bits per heavy atom. The van der Waals surface area contributed by atoms with Crippen LogP contribution in [0.15, 0.2) is 194 Å². The van der Waals surface area contributed by atoms with Gasteiger partial charge in [-0.15, -0.1) is 0 Å². The number of hydrogen-bond acceptors (Lipinski definition) is 2. The number of rotatable bonds is 10. The number of pyridine rings is 1. The first-order valence-corrected chi connectivity index (χ1v) is 24.2. The molecule has 69 heavy (non-hydrogen) atoms. The Morgan fingerprint density at radius 1 is 0.493 bits per heavy atom. The summed E-state index contributed by atoms with van der Waals surface area (Å²) in [5.74, 6) is 2.35. The molecule has 7 aromatic carbocycles. The summed E-state index contributed by atoms with van der Waals surface area (Å²) < 4.78 is 13.7. The molecule has 0 radical (unpaired) electrons. The molecule has 5 heteroatoms. The summed E-state index contributed by atoms with van der Waals surface area (Å²) in [5, 5.41) is 2.37. The molecular weight excluding hydrogens is 841 g/mol. The SMILES string of the molecule is CC(C)(C)c1cc(-[n+]2[c-]n(-c3cccc(Oc4cc(C(C)(C)c5ccccc5)c5c6ccccc6n(-c6cc(C(C)(C)C)ccn6)c5c4)c3)c(-c3ccccc3)c2)cc(C(C)(C)c2ccccc2)c1. The van der Waals surface area contributed by atoms with Gasteiger partial charge in [0.25, 0.3) is 6.33 Å². The van der Waals surface area contributed by atoms with Crippen LogP contribution in [0, 0.1) is 6.33 Å². The molecule has 0 N–H and O–H groups in total. The zero-order valence-corrected chi connectivity index (χ0v) is 41.7. The zero-order chi connectivity index (χ0) is 48.3. The minimum absolute atomic E-state index is 0.0499. The number of aromatic nitrogens is 4. The highest BCUT2D eigenvalue weighted by atomic mass is 16.5. The number of hydrogen-bond donors (Lipinski definition) is 0. The van der Waals surface area contributed by atoms with E-state index in [4.69, 9.17) is 9.72 Å². The summed E-state index contributed by atoms with van der Waals surface area (Å²) in [7, 11) is 0. The highest BCUT2D eigenvalue weighted by molar-refractivity contribution is 6.11. The van der Waals surface area contributed by atoms with Crippen molar-refractivity contribution in [1.82, 2.24) is 14.1 Å². The molecule has 0 saturated carbocycles. The fourth-order valence-corrected chi connectivity index (χ4v) is 9.79. The summed E-state index contributed by atoms with van der Waals surface area (Å²) in [6, 6.07) is 65.1. The van der Waals surface area contributed by atoms with Crippen LogP contribution in [0.3, 0.4) is 0 Å². The van der Waals surface area contributed by atoms with Gasteiger partial charge in [0.1, 0.15) is 17.3 Å². The number of nitrogens with zero attached hydrogens (tertiary/aromatic N) is 4. The van der Waals surface area contributed by atoms with Crippen molar-refractivity contribution in [3.8, 4) is 39.9 Å². The molecule has 0 aliphatic heterocycles. The molecule has 0 atom stereocenters. The van der Waals surface area contributed by atoms with E-state index in [1.54, 1.807) is 0 Å². The molecule has 5 nitrogen and oxygen atoms in total. The molecule has 10 rings (SSSR count). The average molecular weight is 903 g/mol. The molecule has 0 aliphatic rings. The Bertz CT molecular complexity index is 3470. The Morgan fingerprint density at radius 3 is 1.80 bits per heavy atom. The van der Waals surface area contributed by atoms with Gasteiger partial charge in [-0.2, -0.15) is 0 Å². The first kappa shape index (κ1) is 45.3. The van der Waals surface area contributed by atoms with Crippen molar-refractivity contribution < 1.29 is 9.30 Å². The first-order valence-electron chi connectivity index (χ1n) is 24.2. The number of benzene rings is 7. The molecule has 10 aromatic rings. The second-order valence-electron chi connectivity index (χ2n) is 21.7. The molecule has 0 fully saturated rings. The van der Waals surface area contributed by atoms with Gasteiger partial charge in [-0.1, -0.05) is 191 Å². The third kappa shape index (κ3) is 8.56. The van der Waals surface area contributed by atoms with E-state index in [2.05, 4.69) is 271 Å². The van der Waals surface area contributed by atoms with Gasteiger partial charge in [-0.25, -0.2) is 4.98 Å². The van der Waals surface area contributed by atoms with Gasteiger partial charge in [0.15, 0.2) is 0 Å². The van der Waals surface area contributed by atoms with Crippen molar-refractivity contribution in [1.29, 1.82) is 0 Å². The molecule has 0 aliphatic carbocycles. The maximum absolute atomic E-state index is 7.10. The van der Waals surface area contributed by atoms with Gasteiger partial charge < -0.3 is 4.74 Å². The maximum Gasteiger partial charge on any atom is 0.269 e. The zero-order valence-electron chi connectivity index (χ0n) is 41.7. The predicted molar refractivity (Wildman–Crippen MR) is 285 cm³/mol. The lowest BCUT2D eigenvalue weighted by atomic mass is 9.75. The molecule has 0 spiro atoms. The Kier molecular flexibility index (Phi) is 11.3. The van der Waals surface area contributed by atoms with Crippen LogP contribution < -0.4 is 9.30 Å². The topological polar surface area (TPSA) is 35.9 Å². The minimum Gasteiger partial charge on any atom is -0.458 e. The molecule has 0 amide bonds. The Labute approximate surface area is 408 Å². The predicted octanol–water partition coefficient (Wildman–Crippen LogP) is 15.8. The van der Waals surface area contributed by atoms with Crippen molar-refractivity contribution in [2.45, 2.75) is 90.9 Å². The van der Waals surface area contributed by atoms with Crippen molar-refractivity contribution in [3.05, 3.63) is 234 Å². The van der Waals surface area contributed by atoms with Crippen LogP contribution in [0.25, 0.3) is 50.3 Å². The lowest BCUT2D eigenvalue weighted by Crippen LogP contribution is -2.31. The highest BCUT2D eigenvalue weighted by Crippen LogP contribution is 2.45. The second-order valence-corrected chi connectivity index (χ2v) is 21.7. The molecular formula is C64H62N4O. The van der Waals surface area contributed by atoms with Crippen LogP contribution in [0.5, 0.6) is 11.5 Å². The monoisotopic (exact) mass is 902 g/mol. The van der Waals surface area contributed by atoms with E-state index in [1.165, 1.54) is 44.2 Å². The number of imidazole rings is 1. The van der Waals surface area contributed by atoms with Crippen LogP contribution in [0.1, 0.15) is 103 Å². The fraction of sp³-hybridized carbons (Fsp3) is 0.219. The lowest BCUT2D eigenvalue weighted by Gasteiger charge is -2.30. The summed E-state index contributed by atoms with van der Waals surface area (Å²) in [4.78, 5) is 5.02. The van der Waals surface area contributed by atoms with Crippen LogP contribution in [0.4, 0.5) is 0 Å². The second kappa shape index (κ2) is 17.2. The van der Waals surface area contributed by atoms with Gasteiger partial charge in [-0.05, 0) is 104 Å². The summed E-state index contributed by atoms with van der Waals surface area (Å²) >= 11 is 0. The van der Waals surface area contributed by atoms with Crippen LogP contribution in [-0.2, 0) is 21.7 Å². The van der Waals surface area contributed by atoms with Gasteiger partial charge >= 0.3 is 0 Å². The standard InChI is InChI=1S/C64H62N4O/c1-61(2,3)47-33-34-65-59(38-47)68-56-32-21-20-31-54(56)60-55(64(9,10)46-27-18-13-19-28-46)40-53(41-57(60)68)69-52-30-22-29-50(39-52)67-43-66(42-58(67)44-23-14-11-15-24-44)51-36-48(62(4,5)6)35-49(37-51)63(7,8)45-25-16-12-17-26-45/h11-42H,1-10H3. The van der Waals surface area contributed by atoms with Crippen LogP contribution in [0.2, 0.25) is 0 Å². The van der Waals surface area contributed by atoms with E-state index < -0.39 is 0 Å². The molecule has 3 aromatic heterocycles. The first-order chi connectivity index (χ1) is 33.0. The van der Waals surface area contributed by atoms with Gasteiger partial charge in [0.2, 0.25) is 0 Å². The van der Waals surface area contributed by atoms with Gasteiger partial charge in [0, 0.05) is 40.1 Å². The average Bonchev–Trinajstić information content (AvgIpc) is 3.95. The lowest BCUT2D eigenvalue weighted by molar-refractivity contribution is -0.599. The van der Waals surface area contributed by atoms with E-state index in [1.807, 2.05) is 12.3 Å². The van der Waals surface area contributed by atoms with E-state index in [0.717, 1.165) is 51.0 Å². The summed E-state index contributed by atoms with van der Waals surface area (Å²) in [5.41, 5.74) is 12.9. The number of ether oxygens (including phenoxy) is 1. The summed E-state index contributed by atoms with van der Waals surface area (Å²) in [6.07, 6.45) is 7.94. The smallest absolute Gasteiger partial charge is 0.269 e. The quantitative estimate of drug-likeness (QED) is 0.101. The van der Waals surface area contributed by atoms with Crippen molar-refractivity contribution in [3.63, 3.8) is 0 Å². The third-order valence-corrected chi connectivity index (χ3v) is 14.1. The van der Waals surface area contributed by atoms with E-state index >= 15 is 0 Å². The largest absolute Gasteiger partial charge is 0.458 e. The maximum atomic E-state index is 7.10. The highest BCUT2D eigenvalue weighted by Gasteiger charge is 2.31. The summed E-state index contributed by atoms with van der Waals surface area (Å²) in [6.45, 7) is 22.9. The Hall–Kier alpha value is -7.50. The van der Waals surface area contributed by atoms with Crippen LogP contribution in [-0.4, -0.2) is 14.1 Å². The normalized spacial score (nSPS) is 12.5. The van der Waals surface area contributed by atoms with Crippen LogP contribution >= 0.6 is 0 Å². The van der Waals surface area contributed by atoms with Crippen molar-refractivity contribution in [2.75, 3.05) is 0 Å². The molecule has 0 bridgehead atoms. The molecule has 0 saturated heterocycles. The fourth-order valence-electron chi connectivity index (χ4n) is 9.79. The number of para-hydroxylation sites is 1. The van der Waals surface area contributed by atoms with Crippen molar-refractivity contribution >= 4 is 21.8 Å². The molecule has 0 unspecified atom stereocenters. The Balaban J connectivity index is 1.13. The van der Waals surface area contributed by atoms with E-state index in [0.29, 0.717) is 0 Å². The molecule has 3 heterocycles. The van der Waals surface area contributed by atoms with Gasteiger partial charge in [-0.3, -0.25) is 13.7 Å². The van der Waals surface area contributed by atoms with Crippen molar-refractivity contribution in [2.24, 2.45) is 0 Å². The molecule has 344 valence electrons. The van der Waals surface area contributed by atoms with E-state index in [9.17, 15) is 0 Å².